The van der Waals surface area contributed by atoms with E-state index in [-0.39, 0.29) is 18.4 Å². The van der Waals surface area contributed by atoms with Crippen LogP contribution in [0.2, 0.25) is 0 Å². The summed E-state index contributed by atoms with van der Waals surface area (Å²) in [6.45, 7) is -0.165. The number of nitrogens with one attached hydrogen (secondary N) is 2. The van der Waals surface area contributed by atoms with Gasteiger partial charge in [0, 0.05) is 29.9 Å². The van der Waals surface area contributed by atoms with E-state index in [4.69, 9.17) is 18.9 Å². The SMILES string of the molecule is COc1cc(NC(=O)COc2ccc3c(c2)CCC(=O)N3)cc(OC)c1OC. The number of hydrogen-bond acceptors (Lipinski definition) is 6. The van der Waals surface area contributed by atoms with Gasteiger partial charge in [0.25, 0.3) is 5.91 Å². The molecule has 148 valence electrons. The number of anilines is 2. The van der Waals surface area contributed by atoms with Crippen LogP contribution >= 0.6 is 0 Å². The van der Waals surface area contributed by atoms with Crippen molar-refractivity contribution >= 4 is 23.2 Å². The molecule has 0 saturated carbocycles. The van der Waals surface area contributed by atoms with Gasteiger partial charge in [0.15, 0.2) is 18.1 Å². The summed E-state index contributed by atoms with van der Waals surface area (Å²) in [4.78, 5) is 23.7. The predicted molar refractivity (Wildman–Crippen MR) is 104 cm³/mol. The van der Waals surface area contributed by atoms with Crippen LogP contribution in [0.25, 0.3) is 0 Å². The number of hydrogen-bond donors (Lipinski definition) is 2. The molecule has 3 rings (SSSR count). The van der Waals surface area contributed by atoms with Crippen molar-refractivity contribution in [1.29, 1.82) is 0 Å². The summed E-state index contributed by atoms with van der Waals surface area (Å²) in [6.07, 6.45) is 1.09. The van der Waals surface area contributed by atoms with Crippen molar-refractivity contribution < 1.29 is 28.5 Å². The van der Waals surface area contributed by atoms with Gasteiger partial charge in [-0.1, -0.05) is 0 Å². The second kappa shape index (κ2) is 8.51. The van der Waals surface area contributed by atoms with Crippen LogP contribution in [0.4, 0.5) is 11.4 Å². The van der Waals surface area contributed by atoms with E-state index in [0.29, 0.717) is 41.5 Å². The van der Waals surface area contributed by atoms with Crippen LogP contribution in [0.3, 0.4) is 0 Å². The highest BCUT2D eigenvalue weighted by Crippen LogP contribution is 2.39. The van der Waals surface area contributed by atoms with Crippen LogP contribution in [0.1, 0.15) is 12.0 Å². The van der Waals surface area contributed by atoms with E-state index in [1.807, 2.05) is 6.07 Å². The quantitative estimate of drug-likeness (QED) is 0.760. The average Bonchev–Trinajstić information content (AvgIpc) is 2.71. The van der Waals surface area contributed by atoms with Gasteiger partial charge in [0.05, 0.1) is 21.3 Å². The van der Waals surface area contributed by atoms with Crippen LogP contribution < -0.4 is 29.6 Å². The smallest absolute Gasteiger partial charge is 0.262 e. The molecule has 0 atom stereocenters. The van der Waals surface area contributed by atoms with Gasteiger partial charge >= 0.3 is 0 Å². The molecule has 2 aromatic rings. The van der Waals surface area contributed by atoms with Gasteiger partial charge in [0.1, 0.15) is 5.75 Å². The molecule has 0 radical (unpaired) electrons. The van der Waals surface area contributed by atoms with E-state index in [9.17, 15) is 9.59 Å². The number of amides is 2. The number of ether oxygens (including phenoxy) is 4. The summed E-state index contributed by atoms with van der Waals surface area (Å²) < 4.78 is 21.4. The summed E-state index contributed by atoms with van der Waals surface area (Å²) in [5, 5.41) is 5.55. The Kier molecular flexibility index (Phi) is 5.88. The number of rotatable bonds is 7. The molecule has 1 aliphatic rings. The maximum atomic E-state index is 12.3. The molecule has 0 spiro atoms. The maximum absolute atomic E-state index is 12.3. The number of methoxy groups -OCH3 is 3. The van der Waals surface area contributed by atoms with E-state index < -0.39 is 0 Å². The first-order valence-electron chi connectivity index (χ1n) is 8.69. The Morgan fingerprint density at radius 2 is 1.75 bits per heavy atom. The molecular weight excluding hydrogens is 364 g/mol. The third kappa shape index (κ3) is 4.28. The summed E-state index contributed by atoms with van der Waals surface area (Å²) in [5.41, 5.74) is 2.27. The highest BCUT2D eigenvalue weighted by atomic mass is 16.5. The highest BCUT2D eigenvalue weighted by molar-refractivity contribution is 5.94. The Morgan fingerprint density at radius 1 is 1.04 bits per heavy atom. The van der Waals surface area contributed by atoms with E-state index in [1.54, 1.807) is 24.3 Å². The van der Waals surface area contributed by atoms with Gasteiger partial charge in [-0.3, -0.25) is 9.59 Å². The summed E-state index contributed by atoms with van der Waals surface area (Å²) in [5.74, 6) is 1.56. The zero-order valence-electron chi connectivity index (χ0n) is 16.0. The lowest BCUT2D eigenvalue weighted by atomic mass is 10.0. The summed E-state index contributed by atoms with van der Waals surface area (Å²) in [6, 6.07) is 8.61. The maximum Gasteiger partial charge on any atom is 0.262 e. The molecule has 8 nitrogen and oxygen atoms in total. The number of carbonyl (C=O) groups is 2. The molecule has 8 heteroatoms. The van der Waals surface area contributed by atoms with E-state index >= 15 is 0 Å². The Labute approximate surface area is 162 Å². The number of fused-ring (bicyclic) bond motifs is 1. The molecule has 1 heterocycles. The van der Waals surface area contributed by atoms with Crippen molar-refractivity contribution in [2.45, 2.75) is 12.8 Å². The second-order valence-corrected chi connectivity index (χ2v) is 6.12. The molecule has 0 bridgehead atoms. The number of aryl methyl sites for hydroxylation is 1. The van der Waals surface area contributed by atoms with Gasteiger partial charge in [0.2, 0.25) is 11.7 Å². The zero-order valence-corrected chi connectivity index (χ0v) is 16.0. The van der Waals surface area contributed by atoms with Crippen molar-refractivity contribution in [3.63, 3.8) is 0 Å². The fourth-order valence-corrected chi connectivity index (χ4v) is 2.95. The molecule has 0 saturated heterocycles. The Balaban J connectivity index is 1.64. The van der Waals surface area contributed by atoms with Crippen LogP contribution in [0.5, 0.6) is 23.0 Å². The minimum Gasteiger partial charge on any atom is -0.493 e. The molecule has 1 aliphatic heterocycles. The fourth-order valence-electron chi connectivity index (χ4n) is 2.95. The van der Waals surface area contributed by atoms with E-state index in [0.717, 1.165) is 11.3 Å². The Morgan fingerprint density at radius 3 is 2.39 bits per heavy atom. The lowest BCUT2D eigenvalue weighted by Gasteiger charge is -2.18. The van der Waals surface area contributed by atoms with Gasteiger partial charge in [-0.2, -0.15) is 0 Å². The van der Waals surface area contributed by atoms with Crippen LogP contribution in [-0.2, 0) is 16.0 Å². The molecule has 0 aromatic heterocycles. The van der Waals surface area contributed by atoms with E-state index in [1.165, 1.54) is 21.3 Å². The normalized spacial score (nSPS) is 12.5. The average molecular weight is 386 g/mol. The molecular formula is C20H22N2O6. The second-order valence-electron chi connectivity index (χ2n) is 6.12. The topological polar surface area (TPSA) is 95.1 Å². The Hall–Kier alpha value is -3.42. The van der Waals surface area contributed by atoms with Crippen molar-refractivity contribution in [3.05, 3.63) is 35.9 Å². The lowest BCUT2D eigenvalue weighted by Crippen LogP contribution is -2.21. The number of benzene rings is 2. The first-order chi connectivity index (χ1) is 13.5. The minimum atomic E-state index is -0.333. The fraction of sp³-hybridized carbons (Fsp3) is 0.300. The summed E-state index contributed by atoms with van der Waals surface area (Å²) in [7, 11) is 4.52. The van der Waals surface area contributed by atoms with Crippen molar-refractivity contribution in [2.24, 2.45) is 0 Å². The number of carbonyl (C=O) groups excluding carboxylic acids is 2. The van der Waals surface area contributed by atoms with Crippen LogP contribution in [0, 0.1) is 0 Å². The van der Waals surface area contributed by atoms with Gasteiger partial charge < -0.3 is 29.6 Å². The van der Waals surface area contributed by atoms with Crippen molar-refractivity contribution in [3.8, 4) is 23.0 Å². The molecule has 0 fully saturated rings. The standard InChI is InChI=1S/C20H22N2O6/c1-25-16-9-13(10-17(26-2)20(16)27-3)21-19(24)11-28-14-5-6-15-12(8-14)4-7-18(23)22-15/h5-6,8-10H,4,7,11H2,1-3H3,(H,21,24)(H,22,23). The van der Waals surface area contributed by atoms with Crippen molar-refractivity contribution in [1.82, 2.24) is 0 Å². The molecule has 2 N–H and O–H groups in total. The third-order valence-electron chi connectivity index (χ3n) is 4.29. The molecule has 28 heavy (non-hydrogen) atoms. The van der Waals surface area contributed by atoms with Gasteiger partial charge in [-0.15, -0.1) is 0 Å². The molecule has 2 amide bonds. The molecule has 0 aliphatic carbocycles. The monoisotopic (exact) mass is 386 g/mol. The van der Waals surface area contributed by atoms with Gasteiger partial charge in [-0.05, 0) is 30.2 Å². The molecule has 2 aromatic carbocycles. The largest absolute Gasteiger partial charge is 0.493 e. The van der Waals surface area contributed by atoms with Crippen LogP contribution in [-0.4, -0.2) is 39.8 Å². The first kappa shape index (κ1) is 19.3. The summed E-state index contributed by atoms with van der Waals surface area (Å²) >= 11 is 0. The molecule has 0 unspecified atom stereocenters. The lowest BCUT2D eigenvalue weighted by molar-refractivity contribution is -0.118. The van der Waals surface area contributed by atoms with Crippen LogP contribution in [0.15, 0.2) is 30.3 Å². The first-order valence-corrected chi connectivity index (χ1v) is 8.69. The van der Waals surface area contributed by atoms with Crippen molar-refractivity contribution in [2.75, 3.05) is 38.6 Å². The minimum absolute atomic E-state index is 0.00546. The zero-order chi connectivity index (χ0) is 20.1. The Bertz CT molecular complexity index is 871. The van der Waals surface area contributed by atoms with Gasteiger partial charge in [-0.25, -0.2) is 0 Å². The predicted octanol–water partition coefficient (Wildman–Crippen LogP) is 2.61. The third-order valence-corrected chi connectivity index (χ3v) is 4.29. The highest BCUT2D eigenvalue weighted by Gasteiger charge is 2.16. The van der Waals surface area contributed by atoms with E-state index in [2.05, 4.69) is 10.6 Å².